The zero-order valence-corrected chi connectivity index (χ0v) is 11.0. The van der Waals surface area contributed by atoms with Gasteiger partial charge in [0.25, 0.3) is 5.69 Å². The highest BCUT2D eigenvalue weighted by molar-refractivity contribution is 5.65. The summed E-state index contributed by atoms with van der Waals surface area (Å²) < 4.78 is 1.65. The highest BCUT2D eigenvalue weighted by Crippen LogP contribution is 2.23. The van der Waals surface area contributed by atoms with Crippen LogP contribution < -0.4 is 5.32 Å². The minimum Gasteiger partial charge on any atom is -0.336 e. The standard InChI is InChI=1S/C12H12N6O2/c1-3-10-11(7-17(2)16-10)15-12-8(5-13)4-9(6-14-12)18(19)20/h4,6-7H,3H2,1-2H3,(H,14,15). The Kier molecular flexibility index (Phi) is 3.61. The van der Waals surface area contributed by atoms with E-state index in [0.717, 1.165) is 24.0 Å². The fraction of sp³-hybridized carbons (Fsp3) is 0.250. The number of rotatable bonds is 4. The molecule has 2 aromatic rings. The van der Waals surface area contributed by atoms with Crippen LogP contribution in [0.15, 0.2) is 18.5 Å². The first kappa shape index (κ1) is 13.5. The molecule has 0 aromatic carbocycles. The van der Waals surface area contributed by atoms with Crippen molar-refractivity contribution in [3.63, 3.8) is 0 Å². The Balaban J connectivity index is 2.38. The van der Waals surface area contributed by atoms with Crippen LogP contribution in [0.4, 0.5) is 17.2 Å². The number of nitrogens with zero attached hydrogens (tertiary/aromatic N) is 5. The van der Waals surface area contributed by atoms with Gasteiger partial charge in [-0.3, -0.25) is 14.8 Å². The lowest BCUT2D eigenvalue weighted by Crippen LogP contribution is -2.00. The molecule has 2 rings (SSSR count). The minimum atomic E-state index is -0.584. The first-order valence-corrected chi connectivity index (χ1v) is 5.89. The van der Waals surface area contributed by atoms with Gasteiger partial charge in [-0.1, -0.05) is 6.92 Å². The SMILES string of the molecule is CCc1nn(C)cc1Nc1ncc([N+](=O)[O-])cc1C#N. The van der Waals surface area contributed by atoms with E-state index in [-0.39, 0.29) is 17.1 Å². The van der Waals surface area contributed by atoms with Crippen molar-refractivity contribution in [3.8, 4) is 6.07 Å². The number of nitriles is 1. The summed E-state index contributed by atoms with van der Waals surface area (Å²) in [6, 6.07) is 3.09. The normalized spacial score (nSPS) is 10.1. The van der Waals surface area contributed by atoms with Crippen LogP contribution in [0.1, 0.15) is 18.2 Å². The molecular formula is C12H12N6O2. The maximum atomic E-state index is 10.7. The lowest BCUT2D eigenvalue weighted by Gasteiger charge is -2.05. The summed E-state index contributed by atoms with van der Waals surface area (Å²) in [4.78, 5) is 14.0. The van der Waals surface area contributed by atoms with Crippen LogP contribution in [0, 0.1) is 21.4 Å². The molecule has 1 N–H and O–H groups in total. The van der Waals surface area contributed by atoms with Gasteiger partial charge >= 0.3 is 0 Å². The van der Waals surface area contributed by atoms with E-state index in [1.54, 1.807) is 17.9 Å². The van der Waals surface area contributed by atoms with Gasteiger partial charge in [-0.05, 0) is 6.42 Å². The maximum Gasteiger partial charge on any atom is 0.289 e. The van der Waals surface area contributed by atoms with Crippen molar-refractivity contribution in [1.82, 2.24) is 14.8 Å². The van der Waals surface area contributed by atoms with E-state index in [0.29, 0.717) is 0 Å². The molecule has 0 bridgehead atoms. The van der Waals surface area contributed by atoms with Gasteiger partial charge < -0.3 is 5.32 Å². The highest BCUT2D eigenvalue weighted by Gasteiger charge is 2.14. The molecule has 0 fully saturated rings. The van der Waals surface area contributed by atoms with Gasteiger partial charge in [0, 0.05) is 19.3 Å². The van der Waals surface area contributed by atoms with Crippen LogP contribution >= 0.6 is 0 Å². The molecule has 8 nitrogen and oxygen atoms in total. The Hall–Kier alpha value is -2.95. The Morgan fingerprint density at radius 1 is 1.60 bits per heavy atom. The lowest BCUT2D eigenvalue weighted by atomic mass is 10.2. The van der Waals surface area contributed by atoms with Crippen LogP contribution in [0.25, 0.3) is 0 Å². The van der Waals surface area contributed by atoms with Crippen LogP contribution in [0.2, 0.25) is 0 Å². The molecule has 0 amide bonds. The summed E-state index contributed by atoms with van der Waals surface area (Å²) in [7, 11) is 1.79. The average Bonchev–Trinajstić information content (AvgIpc) is 2.79. The molecule has 8 heteroatoms. The van der Waals surface area contributed by atoms with Gasteiger partial charge in [0.15, 0.2) is 0 Å². The Bertz CT molecular complexity index is 700. The van der Waals surface area contributed by atoms with Crippen molar-refractivity contribution in [3.05, 3.63) is 39.8 Å². The molecule has 0 saturated heterocycles. The van der Waals surface area contributed by atoms with Gasteiger partial charge in [-0.25, -0.2) is 4.98 Å². The third kappa shape index (κ3) is 2.56. The fourth-order valence-corrected chi connectivity index (χ4v) is 1.77. The van der Waals surface area contributed by atoms with Crippen molar-refractivity contribution < 1.29 is 4.92 Å². The second kappa shape index (κ2) is 5.36. The molecule has 2 heterocycles. The monoisotopic (exact) mass is 272 g/mol. The van der Waals surface area contributed by atoms with E-state index in [2.05, 4.69) is 15.4 Å². The van der Waals surface area contributed by atoms with Crippen molar-refractivity contribution in [1.29, 1.82) is 5.26 Å². The van der Waals surface area contributed by atoms with E-state index in [1.165, 1.54) is 6.07 Å². The summed E-state index contributed by atoms with van der Waals surface area (Å²) in [5, 5.41) is 27.0. The summed E-state index contributed by atoms with van der Waals surface area (Å²) in [5.74, 6) is 0.279. The predicted octanol–water partition coefficient (Wildman–Crippen LogP) is 1.90. The van der Waals surface area contributed by atoms with Gasteiger partial charge in [0.1, 0.15) is 23.6 Å². The molecule has 0 spiro atoms. The molecule has 0 radical (unpaired) electrons. The highest BCUT2D eigenvalue weighted by atomic mass is 16.6. The van der Waals surface area contributed by atoms with Crippen molar-refractivity contribution in [2.24, 2.45) is 7.05 Å². The van der Waals surface area contributed by atoms with Crippen molar-refractivity contribution in [2.45, 2.75) is 13.3 Å². The number of hydrogen-bond donors (Lipinski definition) is 1. The molecule has 0 aliphatic heterocycles. The summed E-state index contributed by atoms with van der Waals surface area (Å²) in [6.07, 6.45) is 3.60. The molecule has 0 aliphatic rings. The number of pyridine rings is 1. The molecular weight excluding hydrogens is 260 g/mol. The smallest absolute Gasteiger partial charge is 0.289 e. The van der Waals surface area contributed by atoms with Gasteiger partial charge in [0.05, 0.1) is 16.3 Å². The van der Waals surface area contributed by atoms with Gasteiger partial charge in [-0.2, -0.15) is 10.4 Å². The summed E-state index contributed by atoms with van der Waals surface area (Å²) in [6.45, 7) is 1.96. The number of nitro groups is 1. The molecule has 102 valence electrons. The van der Waals surface area contributed by atoms with Crippen LogP contribution in [0.3, 0.4) is 0 Å². The van der Waals surface area contributed by atoms with E-state index in [1.807, 2.05) is 13.0 Å². The largest absolute Gasteiger partial charge is 0.336 e. The number of aryl methyl sites for hydroxylation is 2. The minimum absolute atomic E-state index is 0.116. The third-order valence-electron chi connectivity index (χ3n) is 2.70. The summed E-state index contributed by atoms with van der Waals surface area (Å²) >= 11 is 0. The van der Waals surface area contributed by atoms with E-state index >= 15 is 0 Å². The Morgan fingerprint density at radius 3 is 2.95 bits per heavy atom. The molecule has 2 aromatic heterocycles. The Morgan fingerprint density at radius 2 is 2.35 bits per heavy atom. The number of anilines is 2. The quantitative estimate of drug-likeness (QED) is 0.672. The average molecular weight is 272 g/mol. The summed E-state index contributed by atoms with van der Waals surface area (Å²) in [5.41, 5.74) is 1.46. The molecule has 20 heavy (non-hydrogen) atoms. The predicted molar refractivity (Wildman–Crippen MR) is 71.5 cm³/mol. The first-order valence-electron chi connectivity index (χ1n) is 5.89. The fourth-order valence-electron chi connectivity index (χ4n) is 1.77. The Labute approximate surface area is 114 Å². The van der Waals surface area contributed by atoms with Gasteiger partial charge in [0.2, 0.25) is 0 Å². The van der Waals surface area contributed by atoms with E-state index in [4.69, 9.17) is 5.26 Å². The van der Waals surface area contributed by atoms with Gasteiger partial charge in [-0.15, -0.1) is 0 Å². The van der Waals surface area contributed by atoms with Crippen LogP contribution in [0.5, 0.6) is 0 Å². The zero-order chi connectivity index (χ0) is 14.7. The van der Waals surface area contributed by atoms with E-state index in [9.17, 15) is 10.1 Å². The molecule has 0 aliphatic carbocycles. The lowest BCUT2D eigenvalue weighted by molar-refractivity contribution is -0.385. The number of aromatic nitrogens is 3. The van der Waals surface area contributed by atoms with E-state index < -0.39 is 4.92 Å². The molecule has 0 saturated carbocycles. The zero-order valence-electron chi connectivity index (χ0n) is 11.0. The third-order valence-corrected chi connectivity index (χ3v) is 2.70. The van der Waals surface area contributed by atoms with Crippen LogP contribution in [-0.2, 0) is 13.5 Å². The second-order valence-electron chi connectivity index (χ2n) is 4.10. The second-order valence-corrected chi connectivity index (χ2v) is 4.10. The number of nitrogens with one attached hydrogen (secondary N) is 1. The number of hydrogen-bond acceptors (Lipinski definition) is 6. The molecule has 0 atom stereocenters. The van der Waals surface area contributed by atoms with Crippen molar-refractivity contribution >= 4 is 17.2 Å². The molecule has 0 unspecified atom stereocenters. The maximum absolute atomic E-state index is 10.7. The van der Waals surface area contributed by atoms with Crippen LogP contribution in [-0.4, -0.2) is 19.7 Å². The first-order chi connectivity index (χ1) is 9.55. The van der Waals surface area contributed by atoms with Crippen molar-refractivity contribution in [2.75, 3.05) is 5.32 Å². The topological polar surface area (TPSA) is 110 Å².